The maximum atomic E-state index is 11.2. The Bertz CT molecular complexity index is 630. The van der Waals surface area contributed by atoms with Crippen molar-refractivity contribution in [1.82, 2.24) is 9.97 Å². The van der Waals surface area contributed by atoms with Crippen LogP contribution in [-0.2, 0) is 11.2 Å². The van der Waals surface area contributed by atoms with Crippen molar-refractivity contribution in [3.8, 4) is 11.6 Å². The number of aromatic nitrogens is 2. The van der Waals surface area contributed by atoms with E-state index in [2.05, 4.69) is 15.3 Å². The Morgan fingerprint density at radius 3 is 3.06 bits per heavy atom. The van der Waals surface area contributed by atoms with Crippen molar-refractivity contribution in [2.24, 2.45) is 0 Å². The molecule has 1 aliphatic rings. The van der Waals surface area contributed by atoms with Gasteiger partial charge >= 0.3 is 0 Å². The van der Waals surface area contributed by atoms with Crippen LogP contribution in [0.4, 0.5) is 5.69 Å². The Balaban J connectivity index is 1.86. The fourth-order valence-electron chi connectivity index (χ4n) is 1.75. The third-order valence-corrected chi connectivity index (χ3v) is 2.71. The predicted octanol–water partition coefficient (Wildman–Crippen LogP) is 2.42. The number of rotatable bonds is 2. The van der Waals surface area contributed by atoms with Crippen LogP contribution in [0, 0.1) is 0 Å². The molecule has 1 N–H and O–H groups in total. The Morgan fingerprint density at radius 1 is 1.33 bits per heavy atom. The maximum absolute atomic E-state index is 11.2. The molecule has 0 unspecified atom stereocenters. The van der Waals surface area contributed by atoms with Crippen molar-refractivity contribution < 1.29 is 9.53 Å². The van der Waals surface area contributed by atoms with E-state index >= 15 is 0 Å². The van der Waals surface area contributed by atoms with Gasteiger partial charge in [0.15, 0.2) is 0 Å². The fraction of sp³-hybridized carbons (Fsp3) is 0.0833. The lowest BCUT2D eigenvalue weighted by molar-refractivity contribution is -0.115. The summed E-state index contributed by atoms with van der Waals surface area (Å²) in [6.07, 6.45) is 1.93. The number of carbonyl (C=O) groups excluding carboxylic acids is 1. The second kappa shape index (κ2) is 4.27. The van der Waals surface area contributed by atoms with Gasteiger partial charge in [0.2, 0.25) is 17.1 Å². The average Bonchev–Trinajstić information content (AvgIpc) is 2.68. The summed E-state index contributed by atoms with van der Waals surface area (Å²) in [5, 5.41) is 2.88. The maximum Gasteiger partial charge on any atom is 0.228 e. The van der Waals surface area contributed by atoms with Crippen LogP contribution in [0.15, 0.2) is 30.5 Å². The average molecular weight is 262 g/mol. The van der Waals surface area contributed by atoms with Gasteiger partial charge in [-0.25, -0.2) is 4.98 Å². The van der Waals surface area contributed by atoms with Crippen LogP contribution in [0.2, 0.25) is 5.28 Å². The van der Waals surface area contributed by atoms with Gasteiger partial charge in [0.05, 0.1) is 6.42 Å². The van der Waals surface area contributed by atoms with Crippen molar-refractivity contribution >= 4 is 23.2 Å². The van der Waals surface area contributed by atoms with E-state index in [1.165, 1.54) is 6.20 Å². The number of carbonyl (C=O) groups is 1. The number of ether oxygens (including phenoxy) is 1. The molecular formula is C12H8ClN3O2. The molecule has 0 saturated heterocycles. The van der Waals surface area contributed by atoms with Gasteiger partial charge in [0.25, 0.3) is 0 Å². The Morgan fingerprint density at radius 2 is 2.22 bits per heavy atom. The zero-order valence-corrected chi connectivity index (χ0v) is 9.94. The molecule has 0 saturated carbocycles. The molecule has 1 aromatic carbocycles. The van der Waals surface area contributed by atoms with Crippen LogP contribution in [-0.4, -0.2) is 15.9 Å². The lowest BCUT2D eigenvalue weighted by Crippen LogP contribution is -2.03. The summed E-state index contributed by atoms with van der Waals surface area (Å²) in [5.74, 6) is 0.942. The fourth-order valence-corrected chi connectivity index (χ4v) is 1.89. The Kier molecular flexibility index (Phi) is 2.60. The van der Waals surface area contributed by atoms with Crippen LogP contribution in [0.5, 0.6) is 11.6 Å². The van der Waals surface area contributed by atoms with E-state index in [1.807, 2.05) is 6.07 Å². The summed E-state index contributed by atoms with van der Waals surface area (Å²) in [4.78, 5) is 18.9. The highest BCUT2D eigenvalue weighted by molar-refractivity contribution is 6.28. The van der Waals surface area contributed by atoms with Crippen LogP contribution in [0.25, 0.3) is 0 Å². The SMILES string of the molecule is O=C1Cc2ccc(Oc3ccnc(Cl)n3)cc2N1. The van der Waals surface area contributed by atoms with Gasteiger partial charge in [0.1, 0.15) is 5.75 Å². The molecule has 2 heterocycles. The van der Waals surface area contributed by atoms with Crippen molar-refractivity contribution in [3.63, 3.8) is 0 Å². The number of benzene rings is 1. The molecule has 6 heteroatoms. The van der Waals surface area contributed by atoms with Crippen LogP contribution in [0.1, 0.15) is 5.56 Å². The molecule has 0 spiro atoms. The molecule has 1 aliphatic heterocycles. The lowest BCUT2D eigenvalue weighted by atomic mass is 10.1. The summed E-state index contributed by atoms with van der Waals surface area (Å²) in [6, 6.07) is 7.01. The Hall–Kier alpha value is -2.14. The normalized spacial score (nSPS) is 13.1. The van der Waals surface area contributed by atoms with Gasteiger partial charge < -0.3 is 10.1 Å². The molecule has 90 valence electrons. The van der Waals surface area contributed by atoms with Gasteiger partial charge in [-0.2, -0.15) is 4.98 Å². The first kappa shape index (κ1) is 11.0. The standard InChI is InChI=1S/C12H8ClN3O2/c13-12-14-4-3-11(16-12)18-8-2-1-7-5-10(17)15-9(7)6-8/h1-4,6H,5H2,(H,15,17). The molecule has 0 radical (unpaired) electrons. The number of anilines is 1. The zero-order valence-electron chi connectivity index (χ0n) is 9.18. The summed E-state index contributed by atoms with van der Waals surface area (Å²) in [6.45, 7) is 0. The highest BCUT2D eigenvalue weighted by Crippen LogP contribution is 2.29. The third kappa shape index (κ3) is 2.12. The summed E-state index contributed by atoms with van der Waals surface area (Å²) in [7, 11) is 0. The first-order valence-electron chi connectivity index (χ1n) is 5.30. The number of halogens is 1. The minimum atomic E-state index is -0.00719. The van der Waals surface area contributed by atoms with E-state index in [4.69, 9.17) is 16.3 Å². The molecule has 2 aromatic rings. The molecule has 18 heavy (non-hydrogen) atoms. The van der Waals surface area contributed by atoms with Crippen LogP contribution in [0.3, 0.4) is 0 Å². The van der Waals surface area contributed by atoms with Crippen molar-refractivity contribution in [1.29, 1.82) is 0 Å². The number of nitrogens with zero attached hydrogens (tertiary/aromatic N) is 2. The van der Waals surface area contributed by atoms with Gasteiger partial charge in [-0.3, -0.25) is 4.79 Å². The van der Waals surface area contributed by atoms with Gasteiger partial charge in [-0.05, 0) is 23.2 Å². The highest BCUT2D eigenvalue weighted by Gasteiger charge is 2.17. The topological polar surface area (TPSA) is 64.1 Å². The van der Waals surface area contributed by atoms with Crippen molar-refractivity contribution in [2.45, 2.75) is 6.42 Å². The van der Waals surface area contributed by atoms with Crippen LogP contribution < -0.4 is 10.1 Å². The van der Waals surface area contributed by atoms with Gasteiger partial charge in [0, 0.05) is 24.0 Å². The second-order valence-corrected chi connectivity index (χ2v) is 4.15. The molecule has 0 fully saturated rings. The molecule has 5 nitrogen and oxygen atoms in total. The van der Waals surface area contributed by atoms with Crippen molar-refractivity contribution in [3.05, 3.63) is 41.3 Å². The third-order valence-electron chi connectivity index (χ3n) is 2.53. The van der Waals surface area contributed by atoms with E-state index in [0.29, 0.717) is 18.1 Å². The first-order chi connectivity index (χ1) is 8.70. The quantitative estimate of drug-likeness (QED) is 0.843. The molecule has 1 amide bonds. The van der Waals surface area contributed by atoms with E-state index in [1.54, 1.807) is 18.2 Å². The predicted molar refractivity (Wildman–Crippen MR) is 65.9 cm³/mol. The molecule has 3 rings (SSSR count). The minimum absolute atomic E-state index is 0.00719. The molecule has 1 aromatic heterocycles. The van der Waals surface area contributed by atoms with E-state index in [9.17, 15) is 4.79 Å². The zero-order chi connectivity index (χ0) is 12.5. The van der Waals surface area contributed by atoms with Gasteiger partial charge in [-0.15, -0.1) is 0 Å². The smallest absolute Gasteiger partial charge is 0.228 e. The van der Waals surface area contributed by atoms with E-state index < -0.39 is 0 Å². The summed E-state index contributed by atoms with van der Waals surface area (Å²) < 4.78 is 5.53. The molecule has 0 bridgehead atoms. The number of fused-ring (bicyclic) bond motifs is 1. The summed E-state index contributed by atoms with van der Waals surface area (Å²) in [5.41, 5.74) is 1.74. The largest absolute Gasteiger partial charge is 0.439 e. The van der Waals surface area contributed by atoms with E-state index in [0.717, 1.165) is 11.3 Å². The number of amides is 1. The first-order valence-corrected chi connectivity index (χ1v) is 5.68. The number of hydrogen-bond donors (Lipinski definition) is 1. The monoisotopic (exact) mass is 261 g/mol. The molecular weight excluding hydrogens is 254 g/mol. The minimum Gasteiger partial charge on any atom is -0.439 e. The second-order valence-electron chi connectivity index (χ2n) is 3.81. The summed E-state index contributed by atoms with van der Waals surface area (Å²) >= 11 is 5.66. The van der Waals surface area contributed by atoms with Gasteiger partial charge in [-0.1, -0.05) is 6.07 Å². The molecule has 0 atom stereocenters. The van der Waals surface area contributed by atoms with Crippen LogP contribution >= 0.6 is 11.6 Å². The molecule has 0 aliphatic carbocycles. The van der Waals surface area contributed by atoms with Crippen molar-refractivity contribution in [2.75, 3.05) is 5.32 Å². The highest BCUT2D eigenvalue weighted by atomic mass is 35.5. The number of nitrogens with one attached hydrogen (secondary N) is 1. The Labute approximate surface area is 108 Å². The number of hydrogen-bond acceptors (Lipinski definition) is 4. The van der Waals surface area contributed by atoms with E-state index in [-0.39, 0.29) is 11.2 Å². The lowest BCUT2D eigenvalue weighted by Gasteiger charge is -2.06.